The lowest BCUT2D eigenvalue weighted by Gasteiger charge is -2.31. The van der Waals surface area contributed by atoms with Crippen molar-refractivity contribution >= 4 is 5.78 Å². The zero-order valence-corrected chi connectivity index (χ0v) is 12.7. The van der Waals surface area contributed by atoms with Gasteiger partial charge < -0.3 is 10.2 Å². The standard InChI is InChI=1S/C17H28O3/c1-3-11(4-2)5-6-12(18)7-8-13-14-9-17(20)15(14)10-16(13)19/h7-8,11-16,18-19H,3-6,9-10H2,1-2H3/t12?,13?,14-,15-,16?/m0/s1. The van der Waals surface area contributed by atoms with Gasteiger partial charge in [-0.05, 0) is 31.1 Å². The van der Waals surface area contributed by atoms with E-state index in [4.69, 9.17) is 0 Å². The molecule has 20 heavy (non-hydrogen) atoms. The van der Waals surface area contributed by atoms with Crippen molar-refractivity contribution in [2.45, 2.75) is 64.6 Å². The van der Waals surface area contributed by atoms with Gasteiger partial charge in [0.05, 0.1) is 12.2 Å². The van der Waals surface area contributed by atoms with E-state index in [1.54, 1.807) is 0 Å². The molecular formula is C17H28O3. The molecule has 3 nitrogen and oxygen atoms in total. The van der Waals surface area contributed by atoms with Gasteiger partial charge in [-0.2, -0.15) is 0 Å². The Kier molecular flexibility index (Phi) is 5.39. The summed E-state index contributed by atoms with van der Waals surface area (Å²) in [6, 6.07) is 0. The number of carbonyl (C=O) groups excluding carboxylic acids is 1. The molecule has 2 fully saturated rings. The molecule has 2 aliphatic rings. The van der Waals surface area contributed by atoms with E-state index < -0.39 is 12.2 Å². The zero-order valence-electron chi connectivity index (χ0n) is 12.7. The minimum atomic E-state index is -0.419. The average Bonchev–Trinajstić information content (AvgIpc) is 2.69. The Hall–Kier alpha value is -0.670. The van der Waals surface area contributed by atoms with Crippen molar-refractivity contribution < 1.29 is 15.0 Å². The molecule has 0 aromatic rings. The second kappa shape index (κ2) is 6.86. The molecular weight excluding hydrogens is 252 g/mol. The fraction of sp³-hybridized carbons (Fsp3) is 0.824. The molecule has 2 rings (SSSR count). The van der Waals surface area contributed by atoms with Crippen LogP contribution in [0.5, 0.6) is 0 Å². The van der Waals surface area contributed by atoms with E-state index in [0.717, 1.165) is 12.8 Å². The lowest BCUT2D eigenvalue weighted by atomic mass is 9.71. The first-order valence-corrected chi connectivity index (χ1v) is 8.13. The van der Waals surface area contributed by atoms with Crippen LogP contribution in [0.3, 0.4) is 0 Å². The van der Waals surface area contributed by atoms with Gasteiger partial charge in [0.1, 0.15) is 5.78 Å². The van der Waals surface area contributed by atoms with E-state index in [9.17, 15) is 15.0 Å². The third-order valence-electron chi connectivity index (χ3n) is 5.38. The van der Waals surface area contributed by atoms with Crippen LogP contribution in [0.2, 0.25) is 0 Å². The highest BCUT2D eigenvalue weighted by Gasteiger charge is 2.51. The lowest BCUT2D eigenvalue weighted by Crippen LogP contribution is -2.35. The van der Waals surface area contributed by atoms with Crippen molar-refractivity contribution in [3.63, 3.8) is 0 Å². The molecule has 2 N–H and O–H groups in total. The maximum absolute atomic E-state index is 11.4. The van der Waals surface area contributed by atoms with Crippen molar-refractivity contribution in [1.29, 1.82) is 0 Å². The van der Waals surface area contributed by atoms with Gasteiger partial charge in [0, 0.05) is 18.3 Å². The number of fused-ring (bicyclic) bond motifs is 1. The summed E-state index contributed by atoms with van der Waals surface area (Å²) in [5.41, 5.74) is 0. The number of carbonyl (C=O) groups is 1. The maximum Gasteiger partial charge on any atom is 0.136 e. The summed E-state index contributed by atoms with van der Waals surface area (Å²) in [5.74, 6) is 1.48. The summed E-state index contributed by atoms with van der Waals surface area (Å²) < 4.78 is 0. The molecule has 0 radical (unpaired) electrons. The van der Waals surface area contributed by atoms with E-state index in [-0.39, 0.29) is 11.8 Å². The van der Waals surface area contributed by atoms with Gasteiger partial charge in [0.25, 0.3) is 0 Å². The van der Waals surface area contributed by atoms with Gasteiger partial charge in [-0.25, -0.2) is 0 Å². The van der Waals surface area contributed by atoms with Crippen LogP contribution in [0.15, 0.2) is 12.2 Å². The summed E-state index contributed by atoms with van der Waals surface area (Å²) >= 11 is 0. The first kappa shape index (κ1) is 15.7. The minimum Gasteiger partial charge on any atom is -0.392 e. The molecule has 0 aliphatic heterocycles. The van der Waals surface area contributed by atoms with E-state index >= 15 is 0 Å². The Balaban J connectivity index is 1.79. The van der Waals surface area contributed by atoms with Crippen molar-refractivity contribution in [3.8, 4) is 0 Å². The van der Waals surface area contributed by atoms with Crippen LogP contribution in [0.1, 0.15) is 52.4 Å². The fourth-order valence-electron chi connectivity index (χ4n) is 3.74. The Bertz CT molecular complexity index is 359. The predicted molar refractivity (Wildman–Crippen MR) is 79.2 cm³/mol. The predicted octanol–water partition coefficient (Wildman–Crippen LogP) is 2.71. The third kappa shape index (κ3) is 3.32. The normalized spacial score (nSPS) is 34.5. The second-order valence-corrected chi connectivity index (χ2v) is 6.53. The quantitative estimate of drug-likeness (QED) is 0.705. The molecule has 0 heterocycles. The van der Waals surface area contributed by atoms with Gasteiger partial charge in [0.15, 0.2) is 0 Å². The first-order chi connectivity index (χ1) is 9.56. The molecule has 2 aliphatic carbocycles. The smallest absolute Gasteiger partial charge is 0.136 e. The van der Waals surface area contributed by atoms with Crippen LogP contribution in [0, 0.1) is 23.7 Å². The largest absolute Gasteiger partial charge is 0.392 e. The average molecular weight is 280 g/mol. The van der Waals surface area contributed by atoms with Crippen LogP contribution in [0.4, 0.5) is 0 Å². The number of ketones is 1. The summed E-state index contributed by atoms with van der Waals surface area (Å²) in [5, 5.41) is 20.0. The van der Waals surface area contributed by atoms with Gasteiger partial charge in [-0.3, -0.25) is 4.79 Å². The van der Waals surface area contributed by atoms with Gasteiger partial charge >= 0.3 is 0 Å². The molecule has 0 saturated heterocycles. The van der Waals surface area contributed by atoms with Crippen molar-refractivity contribution in [3.05, 3.63) is 12.2 Å². The van der Waals surface area contributed by atoms with Crippen LogP contribution in [-0.2, 0) is 4.79 Å². The van der Waals surface area contributed by atoms with Gasteiger partial charge in [0.2, 0.25) is 0 Å². The summed E-state index contributed by atoms with van der Waals surface area (Å²) in [6.45, 7) is 4.39. The maximum atomic E-state index is 11.4. The van der Waals surface area contributed by atoms with E-state index in [0.29, 0.717) is 30.5 Å². The van der Waals surface area contributed by atoms with Crippen molar-refractivity contribution in [2.75, 3.05) is 0 Å². The molecule has 0 amide bonds. The molecule has 0 spiro atoms. The van der Waals surface area contributed by atoms with Crippen molar-refractivity contribution in [1.82, 2.24) is 0 Å². The Morgan fingerprint density at radius 2 is 2.00 bits per heavy atom. The number of aliphatic hydroxyl groups excluding tert-OH is 2. The Labute approximate surface area is 122 Å². The van der Waals surface area contributed by atoms with Crippen LogP contribution >= 0.6 is 0 Å². The SMILES string of the molecule is CCC(CC)CCC(O)C=CC1C(O)C[C@@H]2C(=O)C[C@@H]12. The highest BCUT2D eigenvalue weighted by Crippen LogP contribution is 2.48. The summed E-state index contributed by atoms with van der Waals surface area (Å²) in [4.78, 5) is 11.4. The number of rotatable bonds is 7. The molecule has 0 aromatic heterocycles. The zero-order chi connectivity index (χ0) is 14.7. The second-order valence-electron chi connectivity index (χ2n) is 6.53. The molecule has 3 unspecified atom stereocenters. The number of hydrogen-bond donors (Lipinski definition) is 2. The molecule has 0 aromatic carbocycles. The van der Waals surface area contributed by atoms with E-state index in [1.165, 1.54) is 12.8 Å². The van der Waals surface area contributed by atoms with Crippen molar-refractivity contribution in [2.24, 2.45) is 23.7 Å². The van der Waals surface area contributed by atoms with Crippen LogP contribution < -0.4 is 0 Å². The number of aliphatic hydroxyl groups is 2. The van der Waals surface area contributed by atoms with E-state index in [2.05, 4.69) is 13.8 Å². The molecule has 114 valence electrons. The topological polar surface area (TPSA) is 57.5 Å². The van der Waals surface area contributed by atoms with E-state index in [1.807, 2.05) is 12.2 Å². The molecule has 5 atom stereocenters. The number of hydrogen-bond acceptors (Lipinski definition) is 3. The molecule has 3 heteroatoms. The summed E-state index contributed by atoms with van der Waals surface area (Å²) in [7, 11) is 0. The fourth-order valence-corrected chi connectivity index (χ4v) is 3.74. The van der Waals surface area contributed by atoms with Gasteiger partial charge in [-0.1, -0.05) is 38.8 Å². The molecule has 2 saturated carbocycles. The number of Topliss-reactive ketones (excluding diaryl/α,β-unsaturated/α-hetero) is 1. The Morgan fingerprint density at radius 1 is 1.30 bits per heavy atom. The molecule has 0 bridgehead atoms. The minimum absolute atomic E-state index is 0.0699. The van der Waals surface area contributed by atoms with Gasteiger partial charge in [-0.15, -0.1) is 0 Å². The highest BCUT2D eigenvalue weighted by molar-refractivity contribution is 5.88. The summed E-state index contributed by atoms with van der Waals surface area (Å²) in [6.07, 6.45) is 8.37. The first-order valence-electron chi connectivity index (χ1n) is 8.13. The Morgan fingerprint density at radius 3 is 2.55 bits per heavy atom. The van der Waals surface area contributed by atoms with Crippen LogP contribution in [0.25, 0.3) is 0 Å². The lowest BCUT2D eigenvalue weighted by molar-refractivity contribution is -0.133. The third-order valence-corrected chi connectivity index (χ3v) is 5.38. The highest BCUT2D eigenvalue weighted by atomic mass is 16.3. The monoisotopic (exact) mass is 280 g/mol. The van der Waals surface area contributed by atoms with Crippen LogP contribution in [-0.4, -0.2) is 28.2 Å².